The van der Waals surface area contributed by atoms with E-state index < -0.39 is 0 Å². The minimum absolute atomic E-state index is 0.635. The molecule has 0 N–H and O–H groups in total. The number of fused-ring (bicyclic) bond motifs is 7. The van der Waals surface area contributed by atoms with Crippen LogP contribution in [0.1, 0.15) is 0 Å². The highest BCUT2D eigenvalue weighted by atomic mass is 15.1. The normalized spacial score (nSPS) is 11.7. The Morgan fingerprint density at radius 2 is 0.750 bits per heavy atom. The van der Waals surface area contributed by atoms with Gasteiger partial charge in [-0.25, -0.2) is 15.0 Å². The Bertz CT molecular complexity index is 3470. The van der Waals surface area contributed by atoms with Crippen LogP contribution < -0.4 is 0 Å². The number of benzene rings is 9. The molecule has 12 aromatic rings. The quantitative estimate of drug-likeness (QED) is 0.169. The topological polar surface area (TPSA) is 48.0 Å². The monoisotopic (exact) mass is 765 g/mol. The van der Waals surface area contributed by atoms with E-state index in [9.17, 15) is 0 Å². The molecule has 0 aliphatic rings. The summed E-state index contributed by atoms with van der Waals surface area (Å²) in [6.07, 6.45) is 0. The Kier molecular flexibility index (Phi) is 7.78. The average molecular weight is 766 g/mol. The molecule has 0 amide bonds. The standard InChI is InChI=1S/C55H35N5/c1-2-18-42(19-3-1)59-49-26-10-11-27-50(49)60-48-25-9-8-22-47(48)51(55(59)60)40-32-28-36(29-33-40)37-30-34-41(35-31-37)52-56-53(45-23-12-16-38-14-4-6-20-43(38)45)58-54(57-52)46-24-13-17-39-15-5-7-21-44(39)46/h1-35H. The van der Waals surface area contributed by atoms with Crippen molar-refractivity contribution in [1.29, 1.82) is 0 Å². The minimum Gasteiger partial charge on any atom is -0.293 e. The zero-order chi connectivity index (χ0) is 39.6. The third-order valence-corrected chi connectivity index (χ3v) is 11.8. The summed E-state index contributed by atoms with van der Waals surface area (Å²) in [6, 6.07) is 75.1. The molecule has 0 atom stereocenters. The largest absolute Gasteiger partial charge is 0.293 e. The number of aromatic nitrogens is 5. The zero-order valence-corrected chi connectivity index (χ0v) is 32.4. The third-order valence-electron chi connectivity index (χ3n) is 11.8. The first kappa shape index (κ1) is 33.9. The van der Waals surface area contributed by atoms with E-state index in [1.54, 1.807) is 0 Å². The van der Waals surface area contributed by atoms with Crippen LogP contribution in [0.4, 0.5) is 0 Å². The second-order valence-corrected chi connectivity index (χ2v) is 15.2. The molecule has 9 aromatic carbocycles. The van der Waals surface area contributed by atoms with Gasteiger partial charge in [-0.05, 0) is 68.6 Å². The number of hydrogen-bond donors (Lipinski definition) is 0. The maximum atomic E-state index is 5.14. The summed E-state index contributed by atoms with van der Waals surface area (Å²) in [4.78, 5) is 15.4. The number of nitrogens with zero attached hydrogens (tertiary/aromatic N) is 5. The Morgan fingerprint density at radius 1 is 0.300 bits per heavy atom. The van der Waals surface area contributed by atoms with Crippen LogP contribution in [0.5, 0.6) is 0 Å². The van der Waals surface area contributed by atoms with Crippen molar-refractivity contribution in [2.45, 2.75) is 0 Å². The van der Waals surface area contributed by atoms with Gasteiger partial charge in [-0.1, -0.05) is 182 Å². The molecule has 0 bridgehead atoms. The summed E-state index contributed by atoms with van der Waals surface area (Å²) in [5, 5.41) is 5.73. The molecule has 280 valence electrons. The van der Waals surface area contributed by atoms with Crippen molar-refractivity contribution in [3.05, 3.63) is 212 Å². The van der Waals surface area contributed by atoms with Crippen LogP contribution in [0.3, 0.4) is 0 Å². The van der Waals surface area contributed by atoms with Gasteiger partial charge >= 0.3 is 0 Å². The minimum atomic E-state index is 0.635. The SMILES string of the molecule is c1ccc(-n2c3ccccc3n3c4ccccc4c(-c4ccc(-c5ccc(-c6nc(-c7cccc8ccccc78)nc(-c7cccc8ccccc78)n6)cc5)cc4)c23)cc1. The highest BCUT2D eigenvalue weighted by Gasteiger charge is 2.22. The fourth-order valence-corrected chi connectivity index (χ4v) is 8.99. The van der Waals surface area contributed by atoms with Crippen molar-refractivity contribution in [3.63, 3.8) is 0 Å². The molecule has 0 spiro atoms. The van der Waals surface area contributed by atoms with E-state index in [1.807, 2.05) is 0 Å². The summed E-state index contributed by atoms with van der Waals surface area (Å²) in [5.74, 6) is 1.94. The van der Waals surface area contributed by atoms with Crippen molar-refractivity contribution >= 4 is 49.1 Å². The number of hydrogen-bond acceptors (Lipinski definition) is 3. The molecule has 0 saturated heterocycles. The molecule has 5 nitrogen and oxygen atoms in total. The first-order valence-corrected chi connectivity index (χ1v) is 20.3. The highest BCUT2D eigenvalue weighted by molar-refractivity contribution is 6.09. The van der Waals surface area contributed by atoms with Gasteiger partial charge in [0.15, 0.2) is 17.5 Å². The second kappa shape index (κ2) is 13.8. The van der Waals surface area contributed by atoms with E-state index >= 15 is 0 Å². The lowest BCUT2D eigenvalue weighted by atomic mass is 9.98. The van der Waals surface area contributed by atoms with Gasteiger partial charge in [0.2, 0.25) is 0 Å². The number of rotatable bonds is 6. The van der Waals surface area contributed by atoms with Gasteiger partial charge in [-0.3, -0.25) is 8.97 Å². The van der Waals surface area contributed by atoms with Crippen LogP contribution in [0, 0.1) is 0 Å². The Balaban J connectivity index is 0.960. The summed E-state index contributed by atoms with van der Waals surface area (Å²) >= 11 is 0. The Morgan fingerprint density at radius 3 is 1.37 bits per heavy atom. The summed E-state index contributed by atoms with van der Waals surface area (Å²) < 4.78 is 4.81. The molecular weight excluding hydrogens is 731 g/mol. The van der Waals surface area contributed by atoms with Crippen LogP contribution in [-0.2, 0) is 0 Å². The summed E-state index contributed by atoms with van der Waals surface area (Å²) in [5.41, 5.74) is 13.4. The predicted molar refractivity (Wildman–Crippen MR) is 247 cm³/mol. The van der Waals surface area contributed by atoms with Crippen molar-refractivity contribution < 1.29 is 0 Å². The van der Waals surface area contributed by atoms with Crippen LogP contribution in [0.25, 0.3) is 111 Å². The summed E-state index contributed by atoms with van der Waals surface area (Å²) in [7, 11) is 0. The first-order valence-electron chi connectivity index (χ1n) is 20.3. The third kappa shape index (κ3) is 5.44. The maximum Gasteiger partial charge on any atom is 0.164 e. The molecule has 0 saturated carbocycles. The zero-order valence-electron chi connectivity index (χ0n) is 32.4. The maximum absolute atomic E-state index is 5.14. The molecule has 12 rings (SSSR count). The highest BCUT2D eigenvalue weighted by Crippen LogP contribution is 2.41. The van der Waals surface area contributed by atoms with Gasteiger partial charge in [0.25, 0.3) is 0 Å². The van der Waals surface area contributed by atoms with E-state index in [0.717, 1.165) is 60.7 Å². The molecule has 60 heavy (non-hydrogen) atoms. The Labute approximate surface area is 346 Å². The molecule has 3 heterocycles. The van der Waals surface area contributed by atoms with Crippen molar-refractivity contribution in [3.8, 4) is 62.1 Å². The van der Waals surface area contributed by atoms with Gasteiger partial charge in [0.1, 0.15) is 5.65 Å². The molecule has 5 heteroatoms. The van der Waals surface area contributed by atoms with Crippen LogP contribution in [0.15, 0.2) is 212 Å². The van der Waals surface area contributed by atoms with E-state index in [-0.39, 0.29) is 0 Å². The Hall–Kier alpha value is -8.15. The fraction of sp³-hybridized carbons (Fsp3) is 0. The van der Waals surface area contributed by atoms with Gasteiger partial charge in [-0.15, -0.1) is 0 Å². The van der Waals surface area contributed by atoms with Crippen molar-refractivity contribution in [1.82, 2.24) is 23.9 Å². The van der Waals surface area contributed by atoms with Crippen molar-refractivity contribution in [2.75, 3.05) is 0 Å². The van der Waals surface area contributed by atoms with Crippen LogP contribution in [-0.4, -0.2) is 23.9 Å². The van der Waals surface area contributed by atoms with E-state index in [4.69, 9.17) is 15.0 Å². The van der Waals surface area contributed by atoms with E-state index in [1.165, 1.54) is 33.1 Å². The van der Waals surface area contributed by atoms with E-state index in [2.05, 4.69) is 221 Å². The van der Waals surface area contributed by atoms with E-state index in [0.29, 0.717) is 17.5 Å². The lowest BCUT2D eigenvalue weighted by Gasteiger charge is -2.12. The molecule has 0 fully saturated rings. The van der Waals surface area contributed by atoms with Gasteiger partial charge in [0.05, 0.1) is 16.6 Å². The number of para-hydroxylation sites is 4. The second-order valence-electron chi connectivity index (χ2n) is 15.2. The van der Waals surface area contributed by atoms with Crippen molar-refractivity contribution in [2.24, 2.45) is 0 Å². The fourth-order valence-electron chi connectivity index (χ4n) is 8.99. The predicted octanol–water partition coefficient (Wildman–Crippen LogP) is 13.9. The van der Waals surface area contributed by atoms with Gasteiger partial charge < -0.3 is 0 Å². The molecule has 3 aromatic heterocycles. The summed E-state index contributed by atoms with van der Waals surface area (Å²) in [6.45, 7) is 0. The van der Waals surface area contributed by atoms with Gasteiger partial charge in [0, 0.05) is 33.3 Å². The first-order chi connectivity index (χ1) is 29.8. The molecular formula is C55H35N5. The smallest absolute Gasteiger partial charge is 0.164 e. The molecule has 0 aliphatic carbocycles. The number of imidazole rings is 1. The molecule has 0 aliphatic heterocycles. The van der Waals surface area contributed by atoms with Gasteiger partial charge in [-0.2, -0.15) is 0 Å². The lowest BCUT2D eigenvalue weighted by molar-refractivity contribution is 1.08. The molecule has 0 unspecified atom stereocenters. The molecule has 0 radical (unpaired) electrons. The van der Waals surface area contributed by atoms with Crippen LogP contribution in [0.2, 0.25) is 0 Å². The average Bonchev–Trinajstić information content (AvgIpc) is 3.84. The lowest BCUT2D eigenvalue weighted by Crippen LogP contribution is -2.01. The van der Waals surface area contributed by atoms with Crippen LogP contribution >= 0.6 is 0 Å².